The zero-order valence-electron chi connectivity index (χ0n) is 9.49. The molecular weight excluding hydrogens is 190 g/mol. The monoisotopic (exact) mass is 209 g/mol. The van der Waals surface area contributed by atoms with E-state index in [1.165, 1.54) is 5.69 Å². The van der Waals surface area contributed by atoms with Crippen molar-refractivity contribution in [1.82, 2.24) is 14.9 Å². The smallest absolute Gasteiger partial charge is 0.122 e. The summed E-state index contributed by atoms with van der Waals surface area (Å²) in [4.78, 5) is 4.44. The van der Waals surface area contributed by atoms with Gasteiger partial charge in [0.1, 0.15) is 5.82 Å². The molecule has 0 aliphatic carbocycles. The third kappa shape index (κ3) is 2.21. The second kappa shape index (κ2) is 4.77. The van der Waals surface area contributed by atoms with E-state index in [4.69, 9.17) is 4.74 Å². The number of nitrogens with one attached hydrogen (secondary N) is 1. The normalized spacial score (nSPS) is 18.3. The molecule has 0 spiro atoms. The summed E-state index contributed by atoms with van der Waals surface area (Å²) in [6.45, 7) is 2.61. The predicted molar refractivity (Wildman–Crippen MR) is 58.8 cm³/mol. The molecule has 1 aromatic rings. The molecule has 4 nitrogen and oxygen atoms in total. The molecule has 0 unspecified atom stereocenters. The lowest BCUT2D eigenvalue weighted by molar-refractivity contribution is 0.0839. The molecule has 0 radical (unpaired) electrons. The Morgan fingerprint density at radius 2 is 2.27 bits per heavy atom. The average molecular weight is 209 g/mol. The Labute approximate surface area is 90.6 Å². The van der Waals surface area contributed by atoms with E-state index in [-0.39, 0.29) is 0 Å². The largest absolute Gasteiger partial charge is 0.381 e. The Bertz CT molecular complexity index is 316. The third-order valence-corrected chi connectivity index (χ3v) is 3.09. The van der Waals surface area contributed by atoms with Gasteiger partial charge in [0.2, 0.25) is 0 Å². The first-order chi connectivity index (χ1) is 7.33. The van der Waals surface area contributed by atoms with Gasteiger partial charge in [0.25, 0.3) is 0 Å². The first-order valence-electron chi connectivity index (χ1n) is 5.55. The van der Waals surface area contributed by atoms with Gasteiger partial charge < -0.3 is 14.6 Å². The van der Waals surface area contributed by atoms with E-state index in [9.17, 15) is 0 Å². The van der Waals surface area contributed by atoms with Crippen molar-refractivity contribution in [2.45, 2.75) is 25.3 Å². The molecule has 0 saturated carbocycles. The van der Waals surface area contributed by atoms with Gasteiger partial charge in [-0.15, -0.1) is 0 Å². The van der Waals surface area contributed by atoms with E-state index < -0.39 is 0 Å². The van der Waals surface area contributed by atoms with Gasteiger partial charge in [0.15, 0.2) is 0 Å². The number of hydrogen-bond donors (Lipinski definition) is 1. The number of hydrogen-bond acceptors (Lipinski definition) is 3. The highest BCUT2D eigenvalue weighted by molar-refractivity contribution is 5.11. The molecule has 2 heterocycles. The van der Waals surface area contributed by atoms with E-state index in [1.54, 1.807) is 0 Å². The van der Waals surface area contributed by atoms with Crippen LogP contribution in [0.25, 0.3) is 0 Å². The maximum Gasteiger partial charge on any atom is 0.122 e. The molecule has 84 valence electrons. The van der Waals surface area contributed by atoms with Crippen molar-refractivity contribution in [3.05, 3.63) is 17.7 Å². The zero-order valence-corrected chi connectivity index (χ0v) is 9.49. The topological polar surface area (TPSA) is 39.1 Å². The van der Waals surface area contributed by atoms with Gasteiger partial charge in [0, 0.05) is 38.1 Å². The molecule has 0 atom stereocenters. The minimum Gasteiger partial charge on any atom is -0.381 e. The lowest BCUT2D eigenvalue weighted by Gasteiger charge is -2.22. The van der Waals surface area contributed by atoms with Crippen molar-refractivity contribution in [2.75, 3.05) is 20.3 Å². The second-order valence-corrected chi connectivity index (χ2v) is 4.08. The molecule has 1 aromatic heterocycles. The molecule has 1 aliphatic heterocycles. The molecule has 0 aromatic carbocycles. The number of rotatable bonds is 3. The minimum atomic E-state index is 0.627. The van der Waals surface area contributed by atoms with Gasteiger partial charge in [0.05, 0.1) is 6.54 Å². The van der Waals surface area contributed by atoms with Crippen molar-refractivity contribution in [3.63, 3.8) is 0 Å². The number of aromatic nitrogens is 2. The lowest BCUT2D eigenvalue weighted by atomic mass is 9.97. The molecule has 0 amide bonds. The Balaban J connectivity index is 2.13. The van der Waals surface area contributed by atoms with Crippen molar-refractivity contribution in [1.29, 1.82) is 0 Å². The van der Waals surface area contributed by atoms with Gasteiger partial charge in [-0.05, 0) is 19.9 Å². The van der Waals surface area contributed by atoms with Crippen LogP contribution in [0, 0.1) is 0 Å². The van der Waals surface area contributed by atoms with Crippen LogP contribution in [-0.4, -0.2) is 29.8 Å². The summed E-state index contributed by atoms with van der Waals surface area (Å²) in [5, 5.41) is 3.13. The Hall–Kier alpha value is -0.870. The molecule has 4 heteroatoms. The van der Waals surface area contributed by atoms with Crippen LogP contribution in [0.1, 0.15) is 30.3 Å². The van der Waals surface area contributed by atoms with Crippen LogP contribution in [0.5, 0.6) is 0 Å². The maximum atomic E-state index is 5.37. The van der Waals surface area contributed by atoms with E-state index in [0.29, 0.717) is 5.92 Å². The highest BCUT2D eigenvalue weighted by Gasteiger charge is 2.19. The van der Waals surface area contributed by atoms with Crippen LogP contribution >= 0.6 is 0 Å². The van der Waals surface area contributed by atoms with Crippen molar-refractivity contribution >= 4 is 0 Å². The number of imidazole rings is 1. The van der Waals surface area contributed by atoms with Gasteiger partial charge in [-0.25, -0.2) is 4.98 Å². The fourth-order valence-electron chi connectivity index (χ4n) is 2.16. The summed E-state index contributed by atoms with van der Waals surface area (Å²) in [6, 6.07) is 0. The summed E-state index contributed by atoms with van der Waals surface area (Å²) < 4.78 is 7.59. The molecule has 1 fully saturated rings. The number of ether oxygens (including phenoxy) is 1. The van der Waals surface area contributed by atoms with Crippen LogP contribution in [0.3, 0.4) is 0 Å². The number of nitrogens with zero attached hydrogens (tertiary/aromatic N) is 2. The second-order valence-electron chi connectivity index (χ2n) is 4.08. The summed E-state index contributed by atoms with van der Waals surface area (Å²) in [7, 11) is 4.05. The molecule has 1 N–H and O–H groups in total. The SMILES string of the molecule is CNCc1ncc(C2CCOCC2)n1C. The molecular formula is C11H19N3O. The third-order valence-electron chi connectivity index (χ3n) is 3.09. The highest BCUT2D eigenvalue weighted by atomic mass is 16.5. The van der Waals surface area contributed by atoms with Crippen molar-refractivity contribution < 1.29 is 4.74 Å². The Kier molecular flexibility index (Phi) is 3.38. The molecule has 2 rings (SSSR count). The standard InChI is InChI=1S/C11H19N3O/c1-12-8-11-13-7-10(14(11)2)9-3-5-15-6-4-9/h7,9,12H,3-6,8H2,1-2H3. The maximum absolute atomic E-state index is 5.37. The van der Waals surface area contributed by atoms with Crippen molar-refractivity contribution in [3.8, 4) is 0 Å². The Morgan fingerprint density at radius 1 is 1.53 bits per heavy atom. The fourth-order valence-corrected chi connectivity index (χ4v) is 2.16. The quantitative estimate of drug-likeness (QED) is 0.808. The van der Waals surface area contributed by atoms with E-state index in [2.05, 4.69) is 21.9 Å². The zero-order chi connectivity index (χ0) is 10.7. The molecule has 15 heavy (non-hydrogen) atoms. The van der Waals surface area contributed by atoms with Crippen LogP contribution in [0.15, 0.2) is 6.20 Å². The first-order valence-corrected chi connectivity index (χ1v) is 5.55. The van der Waals surface area contributed by atoms with Crippen LogP contribution in [0.4, 0.5) is 0 Å². The van der Waals surface area contributed by atoms with Crippen LogP contribution < -0.4 is 5.32 Å². The van der Waals surface area contributed by atoms with Crippen LogP contribution in [-0.2, 0) is 18.3 Å². The van der Waals surface area contributed by atoms with E-state index >= 15 is 0 Å². The van der Waals surface area contributed by atoms with Gasteiger partial charge in [-0.3, -0.25) is 0 Å². The summed E-state index contributed by atoms with van der Waals surface area (Å²) in [6.07, 6.45) is 4.26. The van der Waals surface area contributed by atoms with Gasteiger partial charge in [-0.1, -0.05) is 0 Å². The van der Waals surface area contributed by atoms with Gasteiger partial charge >= 0.3 is 0 Å². The fraction of sp³-hybridized carbons (Fsp3) is 0.727. The average Bonchev–Trinajstić information content (AvgIpc) is 2.63. The summed E-state index contributed by atoms with van der Waals surface area (Å²) in [5.41, 5.74) is 1.35. The predicted octanol–water partition coefficient (Wildman–Crippen LogP) is 1.03. The molecule has 1 saturated heterocycles. The highest BCUT2D eigenvalue weighted by Crippen LogP contribution is 2.26. The molecule has 0 bridgehead atoms. The van der Waals surface area contributed by atoms with E-state index in [0.717, 1.165) is 38.4 Å². The summed E-state index contributed by atoms with van der Waals surface area (Å²) >= 11 is 0. The van der Waals surface area contributed by atoms with E-state index in [1.807, 2.05) is 13.2 Å². The van der Waals surface area contributed by atoms with Crippen LogP contribution in [0.2, 0.25) is 0 Å². The minimum absolute atomic E-state index is 0.627. The molecule has 1 aliphatic rings. The lowest BCUT2D eigenvalue weighted by Crippen LogP contribution is -2.18. The van der Waals surface area contributed by atoms with Crippen molar-refractivity contribution in [2.24, 2.45) is 7.05 Å². The van der Waals surface area contributed by atoms with Gasteiger partial charge in [-0.2, -0.15) is 0 Å². The Morgan fingerprint density at radius 3 is 2.93 bits per heavy atom. The first kappa shape index (κ1) is 10.6. The summed E-state index contributed by atoms with van der Waals surface area (Å²) in [5.74, 6) is 1.74.